The largest absolute Gasteiger partial charge is 0.493 e. The monoisotopic (exact) mass is 225 g/mol. The number of ether oxygens (including phenoxy) is 2. The predicted molar refractivity (Wildman–Crippen MR) is 62.3 cm³/mol. The van der Waals surface area contributed by atoms with E-state index in [1.807, 2.05) is 12.1 Å². The van der Waals surface area contributed by atoms with Crippen LogP contribution >= 0.6 is 0 Å². The summed E-state index contributed by atoms with van der Waals surface area (Å²) >= 11 is 0. The third-order valence-electron chi connectivity index (χ3n) is 2.54. The van der Waals surface area contributed by atoms with Gasteiger partial charge in [0.1, 0.15) is 0 Å². The Balaban J connectivity index is 3.23. The van der Waals surface area contributed by atoms with Gasteiger partial charge in [-0.05, 0) is 29.2 Å². The molecule has 0 aliphatic rings. The summed E-state index contributed by atoms with van der Waals surface area (Å²) < 4.78 is 10.5. The van der Waals surface area contributed by atoms with Crippen molar-refractivity contribution in [1.29, 1.82) is 0 Å². The lowest BCUT2D eigenvalue weighted by Crippen LogP contribution is -2.10. The maximum Gasteiger partial charge on any atom is 0.161 e. The second-order valence-electron chi connectivity index (χ2n) is 3.90. The molecule has 1 aromatic carbocycles. The molecule has 0 aliphatic carbocycles. The van der Waals surface area contributed by atoms with Crippen molar-refractivity contribution >= 4 is 0 Å². The first-order valence-electron chi connectivity index (χ1n) is 5.25. The van der Waals surface area contributed by atoms with E-state index in [4.69, 9.17) is 14.7 Å². The fourth-order valence-electron chi connectivity index (χ4n) is 1.71. The van der Waals surface area contributed by atoms with Gasteiger partial charge in [-0.25, -0.2) is 5.48 Å². The number of methoxy groups -OCH3 is 2. The number of hydroxylamine groups is 1. The first kappa shape index (κ1) is 12.8. The molecule has 0 heterocycles. The molecule has 90 valence electrons. The van der Waals surface area contributed by atoms with Crippen LogP contribution in [-0.4, -0.2) is 19.4 Å². The zero-order valence-electron chi connectivity index (χ0n) is 10.2. The van der Waals surface area contributed by atoms with Crippen molar-refractivity contribution in [3.63, 3.8) is 0 Å². The summed E-state index contributed by atoms with van der Waals surface area (Å²) in [6, 6.07) is 3.84. The van der Waals surface area contributed by atoms with E-state index in [1.165, 1.54) is 0 Å². The molecule has 1 aromatic rings. The smallest absolute Gasteiger partial charge is 0.161 e. The Kier molecular flexibility index (Phi) is 4.58. The lowest BCUT2D eigenvalue weighted by atomic mass is 9.96. The van der Waals surface area contributed by atoms with Gasteiger partial charge >= 0.3 is 0 Å². The van der Waals surface area contributed by atoms with E-state index in [1.54, 1.807) is 14.2 Å². The van der Waals surface area contributed by atoms with Crippen molar-refractivity contribution in [2.75, 3.05) is 14.2 Å². The van der Waals surface area contributed by atoms with Crippen molar-refractivity contribution in [3.05, 3.63) is 23.3 Å². The summed E-state index contributed by atoms with van der Waals surface area (Å²) in [4.78, 5) is 0. The normalized spacial score (nSPS) is 10.6. The number of hydrogen-bond acceptors (Lipinski definition) is 4. The molecular weight excluding hydrogens is 206 g/mol. The van der Waals surface area contributed by atoms with E-state index in [0.29, 0.717) is 24.0 Å². The van der Waals surface area contributed by atoms with Crippen molar-refractivity contribution in [3.8, 4) is 11.5 Å². The minimum atomic E-state index is 0.364. The van der Waals surface area contributed by atoms with Gasteiger partial charge in [0.25, 0.3) is 0 Å². The molecule has 4 nitrogen and oxygen atoms in total. The Hall–Kier alpha value is -1.26. The SMILES string of the molecule is COc1cc(CNO)c(C(C)C)cc1OC. The maximum absolute atomic E-state index is 8.79. The molecule has 0 aliphatic heterocycles. The Labute approximate surface area is 96.1 Å². The Morgan fingerprint density at radius 1 is 1.19 bits per heavy atom. The topological polar surface area (TPSA) is 50.7 Å². The van der Waals surface area contributed by atoms with Gasteiger partial charge in [0.2, 0.25) is 0 Å². The van der Waals surface area contributed by atoms with E-state index in [2.05, 4.69) is 19.3 Å². The lowest BCUT2D eigenvalue weighted by molar-refractivity contribution is 0.161. The molecule has 0 bridgehead atoms. The van der Waals surface area contributed by atoms with Crippen LogP contribution in [0.5, 0.6) is 11.5 Å². The van der Waals surface area contributed by atoms with Gasteiger partial charge in [0.05, 0.1) is 14.2 Å². The fourth-order valence-corrected chi connectivity index (χ4v) is 1.71. The molecule has 16 heavy (non-hydrogen) atoms. The van der Waals surface area contributed by atoms with E-state index in [9.17, 15) is 0 Å². The number of benzene rings is 1. The second-order valence-corrected chi connectivity index (χ2v) is 3.90. The van der Waals surface area contributed by atoms with Gasteiger partial charge in [-0.2, -0.15) is 0 Å². The van der Waals surface area contributed by atoms with Crippen LogP contribution in [0.15, 0.2) is 12.1 Å². The molecule has 0 spiro atoms. The van der Waals surface area contributed by atoms with Gasteiger partial charge in [-0.1, -0.05) is 13.8 Å². The summed E-state index contributed by atoms with van der Waals surface area (Å²) in [5.41, 5.74) is 4.32. The number of nitrogens with one attached hydrogen (secondary N) is 1. The summed E-state index contributed by atoms with van der Waals surface area (Å²) in [5, 5.41) is 8.79. The molecule has 0 unspecified atom stereocenters. The average molecular weight is 225 g/mol. The third-order valence-corrected chi connectivity index (χ3v) is 2.54. The van der Waals surface area contributed by atoms with E-state index >= 15 is 0 Å². The zero-order chi connectivity index (χ0) is 12.1. The molecule has 2 N–H and O–H groups in total. The second kappa shape index (κ2) is 5.72. The quantitative estimate of drug-likeness (QED) is 0.755. The average Bonchev–Trinajstić information content (AvgIpc) is 2.28. The first-order chi connectivity index (χ1) is 7.63. The molecule has 0 atom stereocenters. The van der Waals surface area contributed by atoms with E-state index < -0.39 is 0 Å². The zero-order valence-corrected chi connectivity index (χ0v) is 10.2. The van der Waals surface area contributed by atoms with Crippen LogP contribution in [0, 0.1) is 0 Å². The minimum absolute atomic E-state index is 0.364. The molecule has 0 amide bonds. The molecule has 0 saturated heterocycles. The molecule has 0 radical (unpaired) electrons. The van der Waals surface area contributed by atoms with E-state index in [-0.39, 0.29) is 0 Å². The molecule has 4 heteroatoms. The first-order valence-corrected chi connectivity index (χ1v) is 5.25. The minimum Gasteiger partial charge on any atom is -0.493 e. The molecule has 0 saturated carbocycles. The predicted octanol–water partition coefficient (Wildman–Crippen LogP) is 2.31. The van der Waals surface area contributed by atoms with Gasteiger partial charge in [-0.3, -0.25) is 0 Å². The lowest BCUT2D eigenvalue weighted by Gasteiger charge is -2.16. The molecule has 1 rings (SSSR count). The van der Waals surface area contributed by atoms with Crippen molar-refractivity contribution < 1.29 is 14.7 Å². The standard InChI is InChI=1S/C12H19NO3/c1-8(2)10-6-12(16-4)11(15-3)5-9(10)7-13-14/h5-6,8,13-14H,7H2,1-4H3. The highest BCUT2D eigenvalue weighted by atomic mass is 16.5. The Morgan fingerprint density at radius 3 is 2.19 bits per heavy atom. The summed E-state index contributed by atoms with van der Waals surface area (Å²) in [6.45, 7) is 4.60. The van der Waals surface area contributed by atoms with Crippen LogP contribution in [0.3, 0.4) is 0 Å². The van der Waals surface area contributed by atoms with E-state index in [0.717, 1.165) is 11.1 Å². The van der Waals surface area contributed by atoms with Crippen LogP contribution in [-0.2, 0) is 6.54 Å². The van der Waals surface area contributed by atoms with Crippen molar-refractivity contribution in [2.24, 2.45) is 0 Å². The van der Waals surface area contributed by atoms with Gasteiger partial charge in [0, 0.05) is 6.54 Å². The van der Waals surface area contributed by atoms with Gasteiger partial charge in [0.15, 0.2) is 11.5 Å². The Morgan fingerprint density at radius 2 is 1.75 bits per heavy atom. The van der Waals surface area contributed by atoms with Gasteiger partial charge in [-0.15, -0.1) is 0 Å². The van der Waals surface area contributed by atoms with Crippen molar-refractivity contribution in [2.45, 2.75) is 26.3 Å². The van der Waals surface area contributed by atoms with Crippen LogP contribution in [0.1, 0.15) is 30.9 Å². The molecular formula is C12H19NO3. The van der Waals surface area contributed by atoms with Gasteiger partial charge < -0.3 is 14.7 Å². The fraction of sp³-hybridized carbons (Fsp3) is 0.500. The van der Waals surface area contributed by atoms with Crippen LogP contribution in [0.4, 0.5) is 0 Å². The van der Waals surface area contributed by atoms with Crippen LogP contribution in [0.25, 0.3) is 0 Å². The summed E-state index contributed by atoms with van der Waals surface area (Å²) in [5.74, 6) is 1.76. The third kappa shape index (κ3) is 2.65. The number of rotatable bonds is 5. The van der Waals surface area contributed by atoms with Crippen LogP contribution < -0.4 is 15.0 Å². The molecule has 0 fully saturated rings. The summed E-state index contributed by atoms with van der Waals surface area (Å²) in [6.07, 6.45) is 0. The Bertz CT molecular complexity index is 350. The highest BCUT2D eigenvalue weighted by Gasteiger charge is 2.12. The van der Waals surface area contributed by atoms with Crippen molar-refractivity contribution in [1.82, 2.24) is 5.48 Å². The highest BCUT2D eigenvalue weighted by molar-refractivity contribution is 5.48. The molecule has 0 aromatic heterocycles. The highest BCUT2D eigenvalue weighted by Crippen LogP contribution is 2.33. The maximum atomic E-state index is 8.79. The summed E-state index contributed by atoms with van der Waals surface area (Å²) in [7, 11) is 3.22. The van der Waals surface area contributed by atoms with Crippen LogP contribution in [0.2, 0.25) is 0 Å². The number of hydrogen-bond donors (Lipinski definition) is 2.